The van der Waals surface area contributed by atoms with Crippen LogP contribution in [-0.4, -0.2) is 17.8 Å². The van der Waals surface area contributed by atoms with Gasteiger partial charge in [-0.2, -0.15) is 0 Å². The van der Waals surface area contributed by atoms with Crippen LogP contribution in [-0.2, 0) is 12.8 Å². The molecule has 0 saturated carbocycles. The topological polar surface area (TPSA) is 29.1 Å². The number of rotatable bonds is 5. The number of carbonyl (C=O) groups excluding carboxylic acids is 1. The average molecular weight is 300 g/mol. The van der Waals surface area contributed by atoms with Gasteiger partial charge in [-0.15, -0.1) is 22.9 Å². The third-order valence-electron chi connectivity index (χ3n) is 3.66. The van der Waals surface area contributed by atoms with Crippen molar-refractivity contribution < 1.29 is 4.79 Å². The van der Waals surface area contributed by atoms with Crippen LogP contribution in [0.5, 0.6) is 0 Å². The monoisotopic (exact) mass is 299 g/mol. The van der Waals surface area contributed by atoms with Crippen LogP contribution in [0.1, 0.15) is 59.1 Å². The van der Waals surface area contributed by atoms with Gasteiger partial charge in [0.1, 0.15) is 0 Å². The SMILES string of the molecule is CCC(Cl)CCNC(=O)c1cc2c(s1)CCCCC2. The number of hydrogen-bond acceptors (Lipinski definition) is 2. The van der Waals surface area contributed by atoms with E-state index >= 15 is 0 Å². The number of aryl methyl sites for hydroxylation is 2. The molecule has 1 heterocycles. The van der Waals surface area contributed by atoms with Crippen LogP contribution in [0.3, 0.4) is 0 Å². The maximum atomic E-state index is 12.1. The van der Waals surface area contributed by atoms with E-state index < -0.39 is 0 Å². The summed E-state index contributed by atoms with van der Waals surface area (Å²) in [6.45, 7) is 2.74. The summed E-state index contributed by atoms with van der Waals surface area (Å²) in [5.41, 5.74) is 1.40. The predicted octanol–water partition coefficient (Wildman–Crippen LogP) is 4.15. The molecule has 1 unspecified atom stereocenters. The number of carbonyl (C=O) groups is 1. The Labute approximate surface area is 124 Å². The molecule has 1 atom stereocenters. The molecule has 19 heavy (non-hydrogen) atoms. The van der Waals surface area contributed by atoms with Gasteiger partial charge in [0, 0.05) is 16.8 Å². The van der Waals surface area contributed by atoms with Crippen LogP contribution >= 0.6 is 22.9 Å². The van der Waals surface area contributed by atoms with Crippen LogP contribution in [0, 0.1) is 0 Å². The van der Waals surface area contributed by atoms with Crippen molar-refractivity contribution in [1.29, 1.82) is 0 Å². The van der Waals surface area contributed by atoms with Crippen molar-refractivity contribution in [2.24, 2.45) is 0 Å². The van der Waals surface area contributed by atoms with Gasteiger partial charge in [-0.05, 0) is 50.2 Å². The minimum absolute atomic E-state index is 0.0676. The Kier molecular flexibility index (Phi) is 5.71. The van der Waals surface area contributed by atoms with Crippen molar-refractivity contribution in [2.75, 3.05) is 6.54 Å². The summed E-state index contributed by atoms with van der Waals surface area (Å²) < 4.78 is 0. The van der Waals surface area contributed by atoms with E-state index in [9.17, 15) is 4.79 Å². The highest BCUT2D eigenvalue weighted by Crippen LogP contribution is 2.28. The zero-order valence-corrected chi connectivity index (χ0v) is 13.1. The molecule has 0 fully saturated rings. The van der Waals surface area contributed by atoms with Gasteiger partial charge < -0.3 is 5.32 Å². The highest BCUT2D eigenvalue weighted by Gasteiger charge is 2.16. The lowest BCUT2D eigenvalue weighted by molar-refractivity contribution is 0.0957. The van der Waals surface area contributed by atoms with Gasteiger partial charge >= 0.3 is 0 Å². The van der Waals surface area contributed by atoms with E-state index in [1.807, 2.05) is 0 Å². The molecule has 1 N–H and O–H groups in total. The van der Waals surface area contributed by atoms with Crippen molar-refractivity contribution in [1.82, 2.24) is 5.32 Å². The second-order valence-corrected chi connectivity index (χ2v) is 6.92. The molecule has 1 aliphatic carbocycles. The lowest BCUT2D eigenvalue weighted by atomic mass is 10.1. The lowest BCUT2D eigenvalue weighted by Crippen LogP contribution is -2.25. The summed E-state index contributed by atoms with van der Waals surface area (Å²) in [5, 5.41) is 3.14. The molecular weight excluding hydrogens is 278 g/mol. The fourth-order valence-electron chi connectivity index (χ4n) is 2.41. The zero-order valence-electron chi connectivity index (χ0n) is 11.5. The molecule has 1 aliphatic rings. The molecule has 2 nitrogen and oxygen atoms in total. The quantitative estimate of drug-likeness (QED) is 0.642. The molecule has 0 aromatic carbocycles. The molecule has 0 saturated heterocycles. The number of thiophene rings is 1. The number of halogens is 1. The molecule has 1 amide bonds. The molecule has 0 spiro atoms. The first-order valence-electron chi connectivity index (χ1n) is 7.24. The van der Waals surface area contributed by atoms with Gasteiger partial charge in [-0.1, -0.05) is 13.3 Å². The Morgan fingerprint density at radius 2 is 2.21 bits per heavy atom. The summed E-state index contributed by atoms with van der Waals surface area (Å²) in [7, 11) is 0. The molecule has 0 bridgehead atoms. The van der Waals surface area contributed by atoms with E-state index in [1.165, 1.54) is 29.7 Å². The smallest absolute Gasteiger partial charge is 0.261 e. The highest BCUT2D eigenvalue weighted by molar-refractivity contribution is 7.14. The van der Waals surface area contributed by atoms with Crippen LogP contribution in [0.25, 0.3) is 0 Å². The second kappa shape index (κ2) is 7.30. The maximum absolute atomic E-state index is 12.1. The predicted molar refractivity (Wildman–Crippen MR) is 82.5 cm³/mol. The molecule has 2 rings (SSSR count). The van der Waals surface area contributed by atoms with Crippen LogP contribution < -0.4 is 5.32 Å². The summed E-state index contributed by atoms with van der Waals surface area (Å²) in [6, 6.07) is 2.10. The Morgan fingerprint density at radius 3 is 3.00 bits per heavy atom. The van der Waals surface area contributed by atoms with Gasteiger partial charge in [-0.3, -0.25) is 4.79 Å². The van der Waals surface area contributed by atoms with Gasteiger partial charge in [0.15, 0.2) is 0 Å². The Morgan fingerprint density at radius 1 is 1.42 bits per heavy atom. The summed E-state index contributed by atoms with van der Waals surface area (Å²) >= 11 is 7.72. The third-order valence-corrected chi connectivity index (χ3v) is 5.42. The van der Waals surface area contributed by atoms with Crippen molar-refractivity contribution in [3.8, 4) is 0 Å². The van der Waals surface area contributed by atoms with Gasteiger partial charge in [0.2, 0.25) is 0 Å². The van der Waals surface area contributed by atoms with Gasteiger partial charge in [-0.25, -0.2) is 0 Å². The molecule has 106 valence electrons. The van der Waals surface area contributed by atoms with Crippen LogP contribution in [0.2, 0.25) is 0 Å². The molecular formula is C15H22ClNOS. The Balaban J connectivity index is 1.89. The molecule has 4 heteroatoms. The number of alkyl halides is 1. The molecule has 1 aromatic rings. The summed E-state index contributed by atoms with van der Waals surface area (Å²) in [6.07, 6.45) is 7.91. The lowest BCUT2D eigenvalue weighted by Gasteiger charge is -2.06. The van der Waals surface area contributed by atoms with E-state index in [0.29, 0.717) is 6.54 Å². The number of fused-ring (bicyclic) bond motifs is 1. The number of amides is 1. The molecule has 0 radical (unpaired) electrons. The Bertz CT molecular complexity index is 406. The highest BCUT2D eigenvalue weighted by atomic mass is 35.5. The van der Waals surface area contributed by atoms with Crippen molar-refractivity contribution in [3.63, 3.8) is 0 Å². The standard InChI is InChI=1S/C15H22ClNOS/c1-2-12(16)8-9-17-15(18)14-10-11-6-4-3-5-7-13(11)19-14/h10,12H,2-9H2,1H3,(H,17,18). The summed E-state index contributed by atoms with van der Waals surface area (Å²) in [5.74, 6) is 0.0676. The first kappa shape index (κ1) is 14.9. The fourth-order valence-corrected chi connectivity index (χ4v) is 3.69. The van der Waals surface area contributed by atoms with Crippen molar-refractivity contribution in [3.05, 3.63) is 21.4 Å². The average Bonchev–Trinajstić information content (AvgIpc) is 2.70. The maximum Gasteiger partial charge on any atom is 0.261 e. The van der Waals surface area contributed by atoms with Crippen molar-refractivity contribution >= 4 is 28.8 Å². The largest absolute Gasteiger partial charge is 0.351 e. The number of hydrogen-bond donors (Lipinski definition) is 1. The fraction of sp³-hybridized carbons (Fsp3) is 0.667. The Hall–Kier alpha value is -0.540. The van der Waals surface area contributed by atoms with E-state index in [1.54, 1.807) is 11.3 Å². The first-order valence-corrected chi connectivity index (χ1v) is 8.50. The third kappa shape index (κ3) is 4.22. The zero-order chi connectivity index (χ0) is 13.7. The molecule has 1 aromatic heterocycles. The first-order chi connectivity index (χ1) is 9.20. The van der Waals surface area contributed by atoms with Crippen LogP contribution in [0.4, 0.5) is 0 Å². The van der Waals surface area contributed by atoms with Gasteiger partial charge in [0.05, 0.1) is 4.88 Å². The molecule has 0 aliphatic heterocycles. The van der Waals surface area contributed by atoms with E-state index in [4.69, 9.17) is 11.6 Å². The van der Waals surface area contributed by atoms with E-state index in [0.717, 1.165) is 30.6 Å². The minimum Gasteiger partial charge on any atom is -0.351 e. The van der Waals surface area contributed by atoms with Gasteiger partial charge in [0.25, 0.3) is 5.91 Å². The van der Waals surface area contributed by atoms with Crippen LogP contribution in [0.15, 0.2) is 6.07 Å². The second-order valence-electron chi connectivity index (χ2n) is 5.17. The minimum atomic E-state index is 0.0676. The normalized spacial score (nSPS) is 16.5. The summed E-state index contributed by atoms with van der Waals surface area (Å²) in [4.78, 5) is 14.4. The number of nitrogens with one attached hydrogen (secondary N) is 1. The van der Waals surface area contributed by atoms with Crippen molar-refractivity contribution in [2.45, 2.75) is 57.2 Å². The van der Waals surface area contributed by atoms with E-state index in [-0.39, 0.29) is 11.3 Å². The van der Waals surface area contributed by atoms with E-state index in [2.05, 4.69) is 18.3 Å².